The van der Waals surface area contributed by atoms with Gasteiger partial charge in [-0.25, -0.2) is 4.39 Å². The maximum atomic E-state index is 12.7. The van der Waals surface area contributed by atoms with E-state index >= 15 is 0 Å². The molecule has 1 aliphatic carbocycles. The minimum Gasteiger partial charge on any atom is -0.489 e. The summed E-state index contributed by atoms with van der Waals surface area (Å²) in [5, 5.41) is 0. The van der Waals surface area contributed by atoms with Crippen LogP contribution in [-0.2, 0) is 0 Å². The summed E-state index contributed by atoms with van der Waals surface area (Å²) in [5.41, 5.74) is 1.11. The quantitative estimate of drug-likeness (QED) is 0.765. The lowest BCUT2D eigenvalue weighted by Gasteiger charge is -2.06. The highest BCUT2D eigenvalue weighted by Crippen LogP contribution is 2.14. The number of hydrogen-bond acceptors (Lipinski definition) is 1. The number of rotatable bonds is 3. The first-order valence-corrected chi connectivity index (χ1v) is 5.68. The molecule has 0 saturated heterocycles. The Hall–Kier alpha value is -1.83. The van der Waals surface area contributed by atoms with Crippen molar-refractivity contribution in [3.05, 3.63) is 66.0 Å². The first-order chi connectivity index (χ1) is 8.24. The fraction of sp³-hybridized carbons (Fsp3) is 0.200. The molecule has 0 saturated carbocycles. The number of allylic oxidation sites excluding steroid dienone is 4. The number of halogens is 1. The standard InChI is InChI=1S/C15H15FO/c1-12-3-2-4-13(6-5-12)11-17-15-9-7-14(16)8-10-15/h2-10,12H,11H2,1H3/t12-/m1/s1. The molecule has 1 aromatic rings. The maximum Gasteiger partial charge on any atom is 0.123 e. The van der Waals surface area contributed by atoms with Crippen molar-refractivity contribution in [1.82, 2.24) is 0 Å². The van der Waals surface area contributed by atoms with Crippen LogP contribution < -0.4 is 4.74 Å². The summed E-state index contributed by atoms with van der Waals surface area (Å²) in [5.74, 6) is 0.888. The predicted molar refractivity (Wildman–Crippen MR) is 67.4 cm³/mol. The van der Waals surface area contributed by atoms with E-state index in [1.54, 1.807) is 12.1 Å². The zero-order valence-corrected chi connectivity index (χ0v) is 9.77. The van der Waals surface area contributed by atoms with Gasteiger partial charge in [-0.2, -0.15) is 0 Å². The Morgan fingerprint density at radius 3 is 2.71 bits per heavy atom. The largest absolute Gasteiger partial charge is 0.489 e. The van der Waals surface area contributed by atoms with Crippen molar-refractivity contribution in [1.29, 1.82) is 0 Å². The van der Waals surface area contributed by atoms with Crippen LogP contribution in [0.2, 0.25) is 0 Å². The van der Waals surface area contributed by atoms with E-state index in [0.717, 1.165) is 5.57 Å². The van der Waals surface area contributed by atoms with Gasteiger partial charge in [-0.3, -0.25) is 0 Å². The molecule has 0 unspecified atom stereocenters. The smallest absolute Gasteiger partial charge is 0.123 e. The molecule has 0 aromatic heterocycles. The van der Waals surface area contributed by atoms with Crippen LogP contribution in [0.4, 0.5) is 4.39 Å². The summed E-state index contributed by atoms with van der Waals surface area (Å²) in [4.78, 5) is 0. The minimum atomic E-state index is -0.248. The first kappa shape index (κ1) is 11.6. The molecule has 0 amide bonds. The molecule has 0 heterocycles. The van der Waals surface area contributed by atoms with Gasteiger partial charge in [-0.05, 0) is 35.8 Å². The molecule has 0 radical (unpaired) electrons. The molecule has 0 bridgehead atoms. The van der Waals surface area contributed by atoms with Crippen molar-refractivity contribution in [3.8, 4) is 5.75 Å². The number of ether oxygens (including phenoxy) is 1. The van der Waals surface area contributed by atoms with Crippen molar-refractivity contribution in [3.63, 3.8) is 0 Å². The van der Waals surface area contributed by atoms with Gasteiger partial charge in [0.25, 0.3) is 0 Å². The second-order valence-corrected chi connectivity index (χ2v) is 4.09. The van der Waals surface area contributed by atoms with Crippen molar-refractivity contribution in [2.24, 2.45) is 5.92 Å². The first-order valence-electron chi connectivity index (χ1n) is 5.68. The van der Waals surface area contributed by atoms with Crippen LogP contribution in [0, 0.1) is 11.7 Å². The molecule has 2 heteroatoms. The van der Waals surface area contributed by atoms with Gasteiger partial charge in [0, 0.05) is 0 Å². The van der Waals surface area contributed by atoms with Crippen LogP contribution in [0.15, 0.2) is 60.2 Å². The lowest BCUT2D eigenvalue weighted by Crippen LogP contribution is -1.99. The molecular weight excluding hydrogens is 215 g/mol. The average molecular weight is 230 g/mol. The van der Waals surface area contributed by atoms with E-state index < -0.39 is 0 Å². The summed E-state index contributed by atoms with van der Waals surface area (Å²) in [7, 11) is 0. The Morgan fingerprint density at radius 1 is 1.18 bits per heavy atom. The van der Waals surface area contributed by atoms with Gasteiger partial charge in [-0.15, -0.1) is 0 Å². The maximum absolute atomic E-state index is 12.7. The summed E-state index contributed by atoms with van der Waals surface area (Å²) in [6.07, 6.45) is 10.4. The van der Waals surface area contributed by atoms with Crippen LogP contribution in [0.1, 0.15) is 6.92 Å². The zero-order chi connectivity index (χ0) is 12.1. The van der Waals surface area contributed by atoms with Gasteiger partial charge >= 0.3 is 0 Å². The second kappa shape index (κ2) is 5.48. The third-order valence-corrected chi connectivity index (χ3v) is 2.56. The number of hydrogen-bond donors (Lipinski definition) is 0. The van der Waals surface area contributed by atoms with E-state index in [-0.39, 0.29) is 5.82 Å². The molecule has 0 aliphatic heterocycles. The van der Waals surface area contributed by atoms with Crippen molar-refractivity contribution in [2.75, 3.05) is 6.61 Å². The van der Waals surface area contributed by atoms with Crippen molar-refractivity contribution >= 4 is 0 Å². The van der Waals surface area contributed by atoms with E-state index in [9.17, 15) is 4.39 Å². The van der Waals surface area contributed by atoms with Crippen LogP contribution in [0.5, 0.6) is 5.75 Å². The van der Waals surface area contributed by atoms with Gasteiger partial charge in [-0.1, -0.05) is 37.3 Å². The molecule has 1 aromatic carbocycles. The Morgan fingerprint density at radius 2 is 1.94 bits per heavy atom. The van der Waals surface area contributed by atoms with Crippen LogP contribution >= 0.6 is 0 Å². The van der Waals surface area contributed by atoms with Gasteiger partial charge in [0.15, 0.2) is 0 Å². The fourth-order valence-corrected chi connectivity index (χ4v) is 1.54. The summed E-state index contributed by atoms with van der Waals surface area (Å²) < 4.78 is 18.3. The summed E-state index contributed by atoms with van der Waals surface area (Å²) in [6, 6.07) is 6.06. The third kappa shape index (κ3) is 3.59. The molecule has 0 spiro atoms. The minimum absolute atomic E-state index is 0.248. The highest BCUT2D eigenvalue weighted by molar-refractivity contribution is 5.30. The Labute approximate surface area is 101 Å². The topological polar surface area (TPSA) is 9.23 Å². The Balaban J connectivity index is 1.94. The van der Waals surface area contributed by atoms with Crippen LogP contribution in [-0.4, -0.2) is 6.61 Å². The number of benzene rings is 1. The summed E-state index contributed by atoms with van der Waals surface area (Å²) >= 11 is 0. The third-order valence-electron chi connectivity index (χ3n) is 2.56. The van der Waals surface area contributed by atoms with E-state index in [1.165, 1.54) is 12.1 Å². The van der Waals surface area contributed by atoms with Crippen LogP contribution in [0.25, 0.3) is 0 Å². The van der Waals surface area contributed by atoms with E-state index in [4.69, 9.17) is 4.74 Å². The zero-order valence-electron chi connectivity index (χ0n) is 9.77. The monoisotopic (exact) mass is 230 g/mol. The van der Waals surface area contributed by atoms with E-state index in [2.05, 4.69) is 25.2 Å². The van der Waals surface area contributed by atoms with E-state index in [1.807, 2.05) is 12.2 Å². The predicted octanol–water partition coefficient (Wildman–Crippen LogP) is 3.89. The lowest BCUT2D eigenvalue weighted by molar-refractivity contribution is 0.355. The fourth-order valence-electron chi connectivity index (χ4n) is 1.54. The van der Waals surface area contributed by atoms with Gasteiger partial charge in [0.05, 0.1) is 0 Å². The molecule has 1 nitrogen and oxygen atoms in total. The molecule has 2 rings (SSSR count). The molecule has 88 valence electrons. The highest BCUT2D eigenvalue weighted by Gasteiger charge is 1.99. The lowest BCUT2D eigenvalue weighted by atomic mass is 10.1. The van der Waals surface area contributed by atoms with Gasteiger partial charge < -0.3 is 4.74 Å². The Bertz CT molecular complexity index is 454. The van der Waals surface area contributed by atoms with E-state index in [0.29, 0.717) is 18.3 Å². The molecule has 17 heavy (non-hydrogen) atoms. The second-order valence-electron chi connectivity index (χ2n) is 4.09. The molecular formula is C15H15FO. The van der Waals surface area contributed by atoms with Crippen molar-refractivity contribution < 1.29 is 9.13 Å². The molecule has 1 aliphatic rings. The normalized spacial score (nSPS) is 18.7. The molecule has 0 fully saturated rings. The van der Waals surface area contributed by atoms with Gasteiger partial charge in [0.2, 0.25) is 0 Å². The Kier molecular flexibility index (Phi) is 3.76. The average Bonchev–Trinajstić information content (AvgIpc) is 2.54. The SMILES string of the molecule is C[C@@H]1C=CC=C(COc2ccc(F)cc2)C=C1. The van der Waals surface area contributed by atoms with Crippen LogP contribution in [0.3, 0.4) is 0 Å². The highest BCUT2D eigenvalue weighted by atomic mass is 19.1. The molecule has 1 atom stereocenters. The molecule has 0 N–H and O–H groups in total. The summed E-state index contributed by atoms with van der Waals surface area (Å²) in [6.45, 7) is 2.63. The van der Waals surface area contributed by atoms with Gasteiger partial charge in [0.1, 0.15) is 18.2 Å². The van der Waals surface area contributed by atoms with Crippen molar-refractivity contribution in [2.45, 2.75) is 6.92 Å².